The smallest absolute Gasteiger partial charge is 0.217 e. The van der Waals surface area contributed by atoms with Crippen molar-refractivity contribution in [2.75, 3.05) is 39.3 Å². The van der Waals surface area contributed by atoms with Gasteiger partial charge >= 0.3 is 0 Å². The molecule has 2 aliphatic heterocycles. The molecule has 0 spiro atoms. The molecule has 1 amide bonds. The molecule has 0 aromatic rings. The molecule has 0 bridgehead atoms. The van der Waals surface area contributed by atoms with Gasteiger partial charge in [0, 0.05) is 39.1 Å². The third kappa shape index (κ3) is 9.12. The van der Waals surface area contributed by atoms with Gasteiger partial charge in [-0.1, -0.05) is 12.0 Å². The van der Waals surface area contributed by atoms with Crippen molar-refractivity contribution in [3.05, 3.63) is 0 Å². The molecule has 0 aliphatic carbocycles. The van der Waals surface area contributed by atoms with Crippen LogP contribution in [0.4, 0.5) is 0 Å². The number of aliphatic hydroxyl groups excluding tert-OH is 4. The molecule has 15 heteroatoms. The summed E-state index contributed by atoms with van der Waals surface area (Å²) in [5.41, 5.74) is 0. The molecule has 2 heterocycles. The molecular weight excluding hydrogens is 518 g/mol. The minimum atomic E-state index is -2.08. The van der Waals surface area contributed by atoms with E-state index in [1.54, 1.807) is 0 Å². The van der Waals surface area contributed by atoms with Gasteiger partial charge in [-0.15, -0.1) is 4.33 Å². The summed E-state index contributed by atoms with van der Waals surface area (Å²) in [6.07, 6.45) is -4.84. The van der Waals surface area contributed by atoms with E-state index in [-0.39, 0.29) is 44.5 Å². The molecule has 37 heavy (non-hydrogen) atoms. The number of methoxy groups -OCH3 is 1. The standard InChI is InChI=1S/C22H41NO13S/c1-4-13-20(26)15(33-16(9-24)21(13)27)6-8-32-7-5-14-18(11-37(30)36-35-29)34-17(10-31-3)19(22(14)28)23-12(2)25/h13-22,24,26-29H,4-11H2,1-3H3,(H,23,25). The molecule has 14 nitrogen and oxygen atoms in total. The van der Waals surface area contributed by atoms with Crippen molar-refractivity contribution in [1.29, 1.82) is 0 Å². The monoisotopic (exact) mass is 559 g/mol. The average Bonchev–Trinajstić information content (AvgIpc) is 2.84. The minimum absolute atomic E-state index is 0.0533. The first kappa shape index (κ1) is 32.4. The van der Waals surface area contributed by atoms with E-state index >= 15 is 0 Å². The quantitative estimate of drug-likeness (QED) is 0.0751. The highest BCUT2D eigenvalue weighted by molar-refractivity contribution is 7.80. The maximum absolute atomic E-state index is 12.0. The van der Waals surface area contributed by atoms with Crippen LogP contribution in [0.3, 0.4) is 0 Å². The zero-order valence-electron chi connectivity index (χ0n) is 21.3. The zero-order valence-corrected chi connectivity index (χ0v) is 22.2. The van der Waals surface area contributed by atoms with Crippen molar-refractivity contribution < 1.29 is 63.0 Å². The summed E-state index contributed by atoms with van der Waals surface area (Å²) in [7, 11) is 1.44. The third-order valence-electron chi connectivity index (χ3n) is 6.92. The van der Waals surface area contributed by atoms with Gasteiger partial charge in [0.15, 0.2) is 11.1 Å². The van der Waals surface area contributed by atoms with Crippen LogP contribution >= 0.6 is 0 Å². The molecular formula is C22H41NO13S. The Morgan fingerprint density at radius 3 is 2.22 bits per heavy atom. The van der Waals surface area contributed by atoms with Crippen molar-refractivity contribution in [1.82, 2.24) is 5.32 Å². The van der Waals surface area contributed by atoms with Crippen LogP contribution in [0.5, 0.6) is 0 Å². The first-order valence-corrected chi connectivity index (χ1v) is 13.6. The number of carbonyl (C=O) groups is 1. The van der Waals surface area contributed by atoms with Crippen LogP contribution in [0.25, 0.3) is 0 Å². The van der Waals surface area contributed by atoms with E-state index in [9.17, 15) is 29.4 Å². The van der Waals surface area contributed by atoms with Crippen LogP contribution in [-0.4, -0.2) is 124 Å². The predicted molar refractivity (Wildman–Crippen MR) is 127 cm³/mol. The molecule has 2 fully saturated rings. The molecule has 2 aliphatic rings. The molecule has 0 radical (unpaired) electrons. The summed E-state index contributed by atoms with van der Waals surface area (Å²) >= 11 is -2.08. The first-order chi connectivity index (χ1) is 17.7. The van der Waals surface area contributed by atoms with Gasteiger partial charge in [-0.05, 0) is 19.3 Å². The number of hydrogen-bond donors (Lipinski definition) is 6. The van der Waals surface area contributed by atoms with Crippen molar-refractivity contribution >= 4 is 17.0 Å². The van der Waals surface area contributed by atoms with E-state index < -0.39 is 71.7 Å². The summed E-state index contributed by atoms with van der Waals surface area (Å²) in [6.45, 7) is 3.18. The van der Waals surface area contributed by atoms with Crippen molar-refractivity contribution in [2.45, 2.75) is 81.9 Å². The van der Waals surface area contributed by atoms with E-state index in [1.807, 2.05) is 6.92 Å². The fourth-order valence-electron chi connectivity index (χ4n) is 5.08. The maximum Gasteiger partial charge on any atom is 0.217 e. The van der Waals surface area contributed by atoms with Crippen molar-refractivity contribution in [2.24, 2.45) is 11.8 Å². The van der Waals surface area contributed by atoms with Crippen LogP contribution in [0.2, 0.25) is 0 Å². The molecule has 2 saturated heterocycles. The van der Waals surface area contributed by atoms with E-state index in [4.69, 9.17) is 24.2 Å². The number of rotatable bonds is 15. The number of amides is 1. The first-order valence-electron chi connectivity index (χ1n) is 12.3. The Morgan fingerprint density at radius 2 is 1.62 bits per heavy atom. The van der Waals surface area contributed by atoms with Gasteiger partial charge in [-0.2, -0.15) is 0 Å². The van der Waals surface area contributed by atoms with E-state index in [0.717, 1.165) is 0 Å². The Bertz CT molecular complexity index is 703. The highest BCUT2D eigenvalue weighted by Crippen LogP contribution is 2.31. The zero-order chi connectivity index (χ0) is 27.5. The number of nitrogens with one attached hydrogen (secondary N) is 1. The number of aliphatic hydroxyl groups is 4. The van der Waals surface area contributed by atoms with Crippen LogP contribution < -0.4 is 5.32 Å². The van der Waals surface area contributed by atoms with Gasteiger partial charge in [-0.25, -0.2) is 9.47 Å². The summed E-state index contributed by atoms with van der Waals surface area (Å²) in [4.78, 5) is 11.7. The van der Waals surface area contributed by atoms with Gasteiger partial charge in [-0.3, -0.25) is 4.79 Å². The molecule has 0 aromatic carbocycles. The highest BCUT2D eigenvalue weighted by atomic mass is 32.2. The van der Waals surface area contributed by atoms with Crippen molar-refractivity contribution in [3.63, 3.8) is 0 Å². The molecule has 0 saturated carbocycles. The predicted octanol–water partition coefficient (Wildman–Crippen LogP) is -1.73. The summed E-state index contributed by atoms with van der Waals surface area (Å²) in [6, 6.07) is -0.791. The Kier molecular flexibility index (Phi) is 14.3. The molecule has 2 rings (SSSR count). The van der Waals surface area contributed by atoms with Gasteiger partial charge in [0.05, 0.1) is 55.5 Å². The number of carbonyl (C=O) groups excluding carboxylic acids is 1. The average molecular weight is 560 g/mol. The van der Waals surface area contributed by atoms with Gasteiger partial charge in [0.25, 0.3) is 0 Å². The largest absolute Gasteiger partial charge is 0.394 e. The minimum Gasteiger partial charge on any atom is -0.394 e. The molecule has 218 valence electrons. The maximum atomic E-state index is 12.0. The Morgan fingerprint density at radius 1 is 0.973 bits per heavy atom. The van der Waals surface area contributed by atoms with E-state index in [2.05, 4.69) is 14.7 Å². The van der Waals surface area contributed by atoms with Crippen LogP contribution in [0.15, 0.2) is 0 Å². The lowest BCUT2D eigenvalue weighted by Crippen LogP contribution is -2.63. The number of hydrogen-bond acceptors (Lipinski definition) is 13. The second kappa shape index (κ2) is 16.3. The Balaban J connectivity index is 1.98. The van der Waals surface area contributed by atoms with Crippen molar-refractivity contribution in [3.8, 4) is 0 Å². The second-order valence-corrected chi connectivity index (χ2v) is 10.4. The van der Waals surface area contributed by atoms with Crippen LogP contribution in [0, 0.1) is 11.8 Å². The molecule has 6 N–H and O–H groups in total. The summed E-state index contributed by atoms with van der Waals surface area (Å²) in [5.74, 6) is -1.67. The summed E-state index contributed by atoms with van der Waals surface area (Å²) < 4.78 is 38.8. The van der Waals surface area contributed by atoms with Gasteiger partial charge < -0.3 is 44.7 Å². The van der Waals surface area contributed by atoms with Crippen LogP contribution in [0.1, 0.15) is 33.1 Å². The SMILES string of the molecule is CCC1C(O)C(CO)OC(CCOCCC2C(CS(=O)OOO)OC(COC)C(NC(C)=O)C2O)C1O. The van der Waals surface area contributed by atoms with E-state index in [1.165, 1.54) is 14.0 Å². The fourth-order valence-corrected chi connectivity index (χ4v) is 5.80. The topological polar surface area (TPSA) is 203 Å². The highest BCUT2D eigenvalue weighted by Gasteiger charge is 2.46. The fraction of sp³-hybridized carbons (Fsp3) is 0.955. The Hall–Kier alpha value is -0.820. The summed E-state index contributed by atoms with van der Waals surface area (Å²) in [5, 5.41) is 56.0. The second-order valence-electron chi connectivity index (χ2n) is 9.30. The third-order valence-corrected chi connectivity index (χ3v) is 7.74. The molecule has 0 aromatic heterocycles. The van der Waals surface area contributed by atoms with Gasteiger partial charge in [0.2, 0.25) is 5.91 Å². The van der Waals surface area contributed by atoms with E-state index in [0.29, 0.717) is 12.8 Å². The van der Waals surface area contributed by atoms with Gasteiger partial charge in [0.1, 0.15) is 12.2 Å². The molecule has 11 unspecified atom stereocenters. The molecule has 11 atom stereocenters. The Labute approximate surface area is 218 Å². The lowest BCUT2D eigenvalue weighted by atomic mass is 9.83. The normalized spacial score (nSPS) is 37.3. The van der Waals surface area contributed by atoms with Crippen LogP contribution in [-0.2, 0) is 44.2 Å². The number of ether oxygens (including phenoxy) is 4. The lowest BCUT2D eigenvalue weighted by Gasteiger charge is -2.45. The lowest BCUT2D eigenvalue weighted by molar-refractivity contribution is -0.435.